The lowest BCUT2D eigenvalue weighted by Gasteiger charge is -2.32. The van der Waals surface area contributed by atoms with Gasteiger partial charge in [-0.05, 0) is 19.8 Å². The van der Waals surface area contributed by atoms with Gasteiger partial charge in [-0.15, -0.1) is 0 Å². The Bertz CT molecular complexity index is 337. The molecule has 0 saturated carbocycles. The molecular formula is C11H24N2O3S. The fourth-order valence-corrected chi connectivity index (χ4v) is 2.26. The van der Waals surface area contributed by atoms with E-state index in [1.54, 1.807) is 4.90 Å². The van der Waals surface area contributed by atoms with Crippen LogP contribution in [0.15, 0.2) is 0 Å². The Kier molecular flexibility index (Phi) is 6.70. The first-order valence-corrected chi connectivity index (χ1v) is 7.94. The van der Waals surface area contributed by atoms with E-state index in [1.807, 2.05) is 13.8 Å². The Morgan fingerprint density at radius 1 is 1.29 bits per heavy atom. The van der Waals surface area contributed by atoms with E-state index in [0.29, 0.717) is 13.1 Å². The van der Waals surface area contributed by atoms with Crippen molar-refractivity contribution < 1.29 is 13.2 Å². The van der Waals surface area contributed by atoms with Crippen LogP contribution in [0.25, 0.3) is 0 Å². The van der Waals surface area contributed by atoms with Crippen LogP contribution < -0.4 is 5.73 Å². The van der Waals surface area contributed by atoms with Crippen LogP contribution in [0.2, 0.25) is 0 Å². The molecule has 0 bridgehead atoms. The van der Waals surface area contributed by atoms with E-state index in [1.165, 1.54) is 6.92 Å². The van der Waals surface area contributed by atoms with E-state index in [0.717, 1.165) is 19.1 Å². The molecular weight excluding hydrogens is 240 g/mol. The summed E-state index contributed by atoms with van der Waals surface area (Å²) in [4.78, 5) is 13.7. The Hall–Kier alpha value is -0.620. The highest BCUT2D eigenvalue weighted by molar-refractivity contribution is 7.92. The molecule has 17 heavy (non-hydrogen) atoms. The normalized spacial score (nSPS) is 13.8. The van der Waals surface area contributed by atoms with Crippen molar-refractivity contribution in [3.63, 3.8) is 0 Å². The van der Waals surface area contributed by atoms with Crippen LogP contribution in [0.5, 0.6) is 0 Å². The molecule has 0 spiro atoms. The zero-order valence-corrected chi connectivity index (χ0v) is 12.0. The van der Waals surface area contributed by atoms with E-state index >= 15 is 0 Å². The van der Waals surface area contributed by atoms with Crippen molar-refractivity contribution in [2.75, 3.05) is 19.3 Å². The van der Waals surface area contributed by atoms with E-state index < -0.39 is 15.1 Å². The fraction of sp³-hybridized carbons (Fsp3) is 0.909. The predicted octanol–water partition coefficient (Wildman–Crippen LogP) is 0.395. The molecule has 1 atom stereocenters. The van der Waals surface area contributed by atoms with Crippen LogP contribution >= 0.6 is 0 Å². The molecule has 0 radical (unpaired) electrons. The standard InChI is InChI=1S/C11H24N2O3S/c1-5-10(6-2)13(8-7-12)11(14)9(3)17(4,15)16/h9-10H,5-8,12H2,1-4H3. The minimum atomic E-state index is -3.35. The van der Waals surface area contributed by atoms with Gasteiger partial charge in [-0.3, -0.25) is 4.79 Å². The molecule has 0 saturated heterocycles. The summed E-state index contributed by atoms with van der Waals surface area (Å²) in [6.45, 7) is 6.15. The average molecular weight is 264 g/mol. The largest absolute Gasteiger partial charge is 0.337 e. The van der Waals surface area contributed by atoms with Crippen LogP contribution in [0, 0.1) is 0 Å². The third-order valence-electron chi connectivity index (χ3n) is 3.03. The van der Waals surface area contributed by atoms with E-state index in [2.05, 4.69) is 0 Å². The molecule has 0 aromatic rings. The van der Waals surface area contributed by atoms with Crippen molar-refractivity contribution in [3.8, 4) is 0 Å². The molecule has 102 valence electrons. The number of carbonyl (C=O) groups excluding carboxylic acids is 1. The average Bonchev–Trinajstić information content (AvgIpc) is 2.26. The minimum absolute atomic E-state index is 0.0650. The molecule has 1 amide bonds. The van der Waals surface area contributed by atoms with Crippen LogP contribution in [0.3, 0.4) is 0 Å². The van der Waals surface area contributed by atoms with Crippen LogP contribution in [-0.4, -0.2) is 49.9 Å². The second kappa shape index (κ2) is 6.96. The van der Waals surface area contributed by atoms with Gasteiger partial charge in [0.25, 0.3) is 0 Å². The molecule has 0 aliphatic heterocycles. The van der Waals surface area contributed by atoms with Gasteiger partial charge >= 0.3 is 0 Å². The lowest BCUT2D eigenvalue weighted by Crippen LogP contribution is -2.48. The van der Waals surface area contributed by atoms with Gasteiger partial charge in [0.05, 0.1) is 0 Å². The molecule has 6 heteroatoms. The molecule has 2 N–H and O–H groups in total. The fourth-order valence-electron chi connectivity index (χ4n) is 1.76. The number of amides is 1. The predicted molar refractivity (Wildman–Crippen MR) is 69.4 cm³/mol. The Morgan fingerprint density at radius 3 is 2.06 bits per heavy atom. The SMILES string of the molecule is CCC(CC)N(CCN)C(=O)C(C)S(C)(=O)=O. The van der Waals surface area contributed by atoms with E-state index in [4.69, 9.17) is 5.73 Å². The number of nitrogens with zero attached hydrogens (tertiary/aromatic N) is 1. The van der Waals surface area contributed by atoms with Gasteiger partial charge in [0.15, 0.2) is 9.84 Å². The molecule has 0 aromatic carbocycles. The zero-order chi connectivity index (χ0) is 13.6. The molecule has 0 aromatic heterocycles. The van der Waals surface area contributed by atoms with Crippen molar-refractivity contribution in [2.24, 2.45) is 5.73 Å². The van der Waals surface area contributed by atoms with Crippen molar-refractivity contribution in [1.82, 2.24) is 4.90 Å². The highest BCUT2D eigenvalue weighted by Crippen LogP contribution is 2.12. The highest BCUT2D eigenvalue weighted by Gasteiger charge is 2.30. The molecule has 0 aliphatic rings. The molecule has 0 heterocycles. The smallest absolute Gasteiger partial charge is 0.240 e. The lowest BCUT2D eigenvalue weighted by atomic mass is 10.1. The Labute approximate surface area is 104 Å². The number of sulfone groups is 1. The maximum atomic E-state index is 12.1. The van der Waals surface area contributed by atoms with Gasteiger partial charge in [-0.1, -0.05) is 13.8 Å². The number of hydrogen-bond donors (Lipinski definition) is 1. The van der Waals surface area contributed by atoms with Crippen LogP contribution in [0.4, 0.5) is 0 Å². The van der Waals surface area contributed by atoms with Crippen molar-refractivity contribution in [1.29, 1.82) is 0 Å². The van der Waals surface area contributed by atoms with Gasteiger partial charge < -0.3 is 10.6 Å². The molecule has 0 rings (SSSR count). The van der Waals surface area contributed by atoms with Crippen molar-refractivity contribution >= 4 is 15.7 Å². The number of carbonyl (C=O) groups is 1. The van der Waals surface area contributed by atoms with Gasteiger partial charge in [0.2, 0.25) is 5.91 Å². The second-order valence-electron chi connectivity index (χ2n) is 4.26. The van der Waals surface area contributed by atoms with Gasteiger partial charge in [0, 0.05) is 25.4 Å². The van der Waals surface area contributed by atoms with Gasteiger partial charge in [-0.25, -0.2) is 8.42 Å². The molecule has 1 unspecified atom stereocenters. The molecule has 0 aliphatic carbocycles. The monoisotopic (exact) mass is 264 g/mol. The summed E-state index contributed by atoms with van der Waals surface area (Å²) in [7, 11) is -3.35. The summed E-state index contributed by atoms with van der Waals surface area (Å²) < 4.78 is 22.8. The minimum Gasteiger partial charge on any atom is -0.337 e. The summed E-state index contributed by atoms with van der Waals surface area (Å²) in [5.74, 6) is -0.341. The van der Waals surface area contributed by atoms with Gasteiger partial charge in [0.1, 0.15) is 5.25 Å². The quantitative estimate of drug-likeness (QED) is 0.721. The van der Waals surface area contributed by atoms with Crippen molar-refractivity contribution in [3.05, 3.63) is 0 Å². The summed E-state index contributed by atoms with van der Waals surface area (Å²) in [5, 5.41) is -0.991. The maximum Gasteiger partial charge on any atom is 0.240 e. The number of hydrogen-bond acceptors (Lipinski definition) is 4. The lowest BCUT2D eigenvalue weighted by molar-refractivity contribution is -0.132. The summed E-state index contributed by atoms with van der Waals surface area (Å²) in [6.07, 6.45) is 2.69. The maximum absolute atomic E-state index is 12.1. The third kappa shape index (κ3) is 4.63. The summed E-state index contributed by atoms with van der Waals surface area (Å²) in [5.41, 5.74) is 5.48. The number of rotatable bonds is 7. The highest BCUT2D eigenvalue weighted by atomic mass is 32.2. The van der Waals surface area contributed by atoms with Gasteiger partial charge in [-0.2, -0.15) is 0 Å². The summed E-state index contributed by atoms with van der Waals surface area (Å²) in [6, 6.07) is 0.0650. The zero-order valence-electron chi connectivity index (χ0n) is 11.1. The second-order valence-corrected chi connectivity index (χ2v) is 6.63. The molecule has 5 nitrogen and oxygen atoms in total. The Morgan fingerprint density at radius 2 is 1.76 bits per heavy atom. The van der Waals surface area contributed by atoms with Crippen molar-refractivity contribution in [2.45, 2.75) is 44.9 Å². The Balaban J connectivity index is 5.00. The first kappa shape index (κ1) is 16.4. The number of nitrogens with two attached hydrogens (primary N) is 1. The van der Waals surface area contributed by atoms with E-state index in [-0.39, 0.29) is 11.9 Å². The third-order valence-corrected chi connectivity index (χ3v) is 4.51. The van der Waals surface area contributed by atoms with E-state index in [9.17, 15) is 13.2 Å². The first-order valence-electron chi connectivity index (χ1n) is 5.98. The van der Waals surface area contributed by atoms with Crippen LogP contribution in [0.1, 0.15) is 33.6 Å². The van der Waals surface area contributed by atoms with Crippen LogP contribution in [-0.2, 0) is 14.6 Å². The summed E-state index contributed by atoms with van der Waals surface area (Å²) >= 11 is 0. The topological polar surface area (TPSA) is 80.5 Å². The molecule has 0 fully saturated rings. The first-order chi connectivity index (χ1) is 7.79.